The molecule has 126 valence electrons. The first kappa shape index (κ1) is 15.3. The number of hydrogen-bond donors (Lipinski definition) is 1. The molecule has 1 N–H and O–H groups in total. The van der Waals surface area contributed by atoms with Gasteiger partial charge >= 0.3 is 0 Å². The van der Waals surface area contributed by atoms with Gasteiger partial charge in [0.1, 0.15) is 11.5 Å². The maximum Gasteiger partial charge on any atom is 0.289 e. The Morgan fingerprint density at radius 2 is 2.08 bits per heavy atom. The van der Waals surface area contributed by atoms with E-state index in [0.717, 1.165) is 25.0 Å². The fourth-order valence-corrected chi connectivity index (χ4v) is 3.10. The smallest absolute Gasteiger partial charge is 0.289 e. The van der Waals surface area contributed by atoms with Crippen LogP contribution in [0.1, 0.15) is 24.0 Å². The molecule has 0 bridgehead atoms. The number of hydrogen-bond acceptors (Lipinski definition) is 3. The average Bonchev–Trinajstić information content (AvgIpc) is 3.37. The molecule has 24 heavy (non-hydrogen) atoms. The number of rotatable bonds is 4. The molecule has 4 nitrogen and oxygen atoms in total. The van der Waals surface area contributed by atoms with Crippen molar-refractivity contribution < 1.29 is 22.6 Å². The zero-order valence-corrected chi connectivity index (χ0v) is 12.6. The minimum absolute atomic E-state index is 0.0110. The van der Waals surface area contributed by atoms with Crippen molar-refractivity contribution in [3.05, 3.63) is 58.7 Å². The van der Waals surface area contributed by atoms with Gasteiger partial charge in [-0.05, 0) is 49.1 Å². The molecule has 0 radical (unpaired) electrons. The molecule has 1 aromatic heterocycles. The van der Waals surface area contributed by atoms with Crippen LogP contribution in [0.25, 0.3) is 0 Å². The lowest BCUT2D eigenvalue weighted by Crippen LogP contribution is -2.46. The predicted molar refractivity (Wildman–Crippen MR) is 80.5 cm³/mol. The third-order valence-corrected chi connectivity index (χ3v) is 4.55. The fourth-order valence-electron chi connectivity index (χ4n) is 3.10. The maximum absolute atomic E-state index is 14.3. The molecule has 1 aliphatic carbocycles. The third-order valence-electron chi connectivity index (χ3n) is 4.55. The number of fused-ring (bicyclic) bond motifs is 2. The third kappa shape index (κ3) is 2.23. The summed E-state index contributed by atoms with van der Waals surface area (Å²) >= 11 is 0. The second-order valence-electron chi connectivity index (χ2n) is 6.20. The standard InChI is InChI=1S/C17H15F3N2O2/c18-11-5-6-14-13(8-11)17(16(19)20,24-9-10-3-4-10)12-2-1-7-22(23)15(12)21-14/h1-2,5-8,10,16,21H,3-4,9H2. The van der Waals surface area contributed by atoms with E-state index >= 15 is 0 Å². The lowest BCUT2D eigenvalue weighted by atomic mass is 9.82. The number of nitrogens with zero attached hydrogens (tertiary/aromatic N) is 1. The molecule has 0 saturated heterocycles. The number of halogens is 3. The van der Waals surface area contributed by atoms with Crippen molar-refractivity contribution in [3.8, 4) is 0 Å². The van der Waals surface area contributed by atoms with Crippen molar-refractivity contribution >= 4 is 11.5 Å². The first-order valence-electron chi connectivity index (χ1n) is 7.74. The summed E-state index contributed by atoms with van der Waals surface area (Å²) in [6.45, 7) is 0.146. The highest BCUT2D eigenvalue weighted by Gasteiger charge is 2.54. The Hall–Kier alpha value is -2.28. The van der Waals surface area contributed by atoms with Gasteiger partial charge in [0, 0.05) is 5.56 Å². The van der Waals surface area contributed by atoms with Crippen LogP contribution in [-0.4, -0.2) is 13.0 Å². The number of alkyl halides is 2. The quantitative estimate of drug-likeness (QED) is 0.687. The van der Waals surface area contributed by atoms with Crippen LogP contribution >= 0.6 is 0 Å². The molecule has 2 heterocycles. The van der Waals surface area contributed by atoms with Gasteiger partial charge in [-0.25, -0.2) is 23.2 Å². The highest BCUT2D eigenvalue weighted by atomic mass is 19.3. The molecule has 0 spiro atoms. The van der Waals surface area contributed by atoms with Crippen LogP contribution in [0.15, 0.2) is 36.5 Å². The average molecular weight is 336 g/mol. The summed E-state index contributed by atoms with van der Waals surface area (Å²) in [7, 11) is 0. The monoisotopic (exact) mass is 336 g/mol. The summed E-state index contributed by atoms with van der Waals surface area (Å²) in [4.78, 5) is 0. The van der Waals surface area contributed by atoms with E-state index in [4.69, 9.17) is 4.74 Å². The Labute approximate surface area is 136 Å². The number of anilines is 2. The number of pyridine rings is 1. The Bertz CT molecular complexity index is 791. The molecule has 2 aliphatic rings. The fraction of sp³-hybridized carbons (Fsp3) is 0.353. The van der Waals surface area contributed by atoms with E-state index in [1.54, 1.807) is 0 Å². The molecule has 4 rings (SSSR count). The highest BCUT2D eigenvalue weighted by molar-refractivity contribution is 5.71. The van der Waals surface area contributed by atoms with Crippen LogP contribution in [0, 0.1) is 16.9 Å². The Morgan fingerprint density at radius 3 is 2.79 bits per heavy atom. The summed E-state index contributed by atoms with van der Waals surface area (Å²) in [5, 5.41) is 14.9. The van der Waals surface area contributed by atoms with Gasteiger partial charge in [-0.15, -0.1) is 0 Å². The highest BCUT2D eigenvalue weighted by Crippen LogP contribution is 2.49. The van der Waals surface area contributed by atoms with Gasteiger partial charge in [0.2, 0.25) is 0 Å². The second-order valence-corrected chi connectivity index (χ2v) is 6.20. The zero-order valence-electron chi connectivity index (χ0n) is 12.6. The molecule has 1 aliphatic heterocycles. The topological polar surface area (TPSA) is 48.2 Å². The van der Waals surface area contributed by atoms with Crippen LogP contribution in [0.4, 0.5) is 24.7 Å². The van der Waals surface area contributed by atoms with Gasteiger partial charge in [0.15, 0.2) is 5.60 Å². The van der Waals surface area contributed by atoms with Crippen molar-refractivity contribution in [2.45, 2.75) is 24.9 Å². The zero-order chi connectivity index (χ0) is 16.9. The largest absolute Gasteiger partial charge is 0.711 e. The van der Waals surface area contributed by atoms with Crippen LogP contribution in [0.3, 0.4) is 0 Å². The number of aromatic nitrogens is 1. The van der Waals surface area contributed by atoms with Gasteiger partial charge in [0.25, 0.3) is 12.2 Å². The van der Waals surface area contributed by atoms with E-state index in [-0.39, 0.29) is 35.2 Å². The summed E-state index contributed by atoms with van der Waals surface area (Å²) in [5.74, 6) is -0.420. The first-order valence-corrected chi connectivity index (χ1v) is 7.74. The van der Waals surface area contributed by atoms with Crippen molar-refractivity contribution in [1.29, 1.82) is 0 Å². The molecular weight excluding hydrogens is 321 g/mol. The molecular formula is C17H15F3N2O2. The first-order chi connectivity index (χ1) is 11.5. The van der Waals surface area contributed by atoms with E-state index < -0.39 is 17.8 Å². The summed E-state index contributed by atoms with van der Waals surface area (Å²) in [6.07, 6.45) is 0.116. The van der Waals surface area contributed by atoms with Crippen molar-refractivity contribution in [2.24, 2.45) is 5.92 Å². The SMILES string of the molecule is [O-][n+]1cccc2c1Nc1ccc(F)cc1C2(OCC1CC1)C(F)F. The Kier molecular flexibility index (Phi) is 3.42. The number of benzene rings is 1. The molecule has 1 fully saturated rings. The van der Waals surface area contributed by atoms with E-state index in [9.17, 15) is 18.4 Å². The molecule has 1 unspecified atom stereocenters. The van der Waals surface area contributed by atoms with Crippen molar-refractivity contribution in [1.82, 2.24) is 0 Å². The van der Waals surface area contributed by atoms with Crippen LogP contribution < -0.4 is 10.0 Å². The molecule has 1 aromatic carbocycles. The lowest BCUT2D eigenvalue weighted by Gasteiger charge is -2.38. The molecule has 7 heteroatoms. The van der Waals surface area contributed by atoms with Crippen LogP contribution in [0.2, 0.25) is 0 Å². The molecule has 2 aromatic rings. The summed E-state index contributed by atoms with van der Waals surface area (Å²) in [5.41, 5.74) is -1.88. The Balaban J connectivity index is 1.95. The minimum atomic E-state index is -2.96. The van der Waals surface area contributed by atoms with Crippen LogP contribution in [0.5, 0.6) is 0 Å². The van der Waals surface area contributed by atoms with Crippen LogP contribution in [-0.2, 0) is 10.3 Å². The van der Waals surface area contributed by atoms with Gasteiger partial charge in [-0.1, -0.05) is 0 Å². The van der Waals surface area contributed by atoms with Gasteiger partial charge in [-0.3, -0.25) is 0 Å². The summed E-state index contributed by atoms with van der Waals surface area (Å²) < 4.78 is 48.5. The predicted octanol–water partition coefficient (Wildman–Crippen LogP) is 3.45. The normalized spacial score (nSPS) is 22.0. The van der Waals surface area contributed by atoms with E-state index in [1.807, 2.05) is 0 Å². The second kappa shape index (κ2) is 5.37. The van der Waals surface area contributed by atoms with E-state index in [1.165, 1.54) is 24.4 Å². The van der Waals surface area contributed by atoms with Crippen molar-refractivity contribution in [3.63, 3.8) is 0 Å². The number of ether oxygens (including phenoxy) is 1. The molecule has 0 amide bonds. The maximum atomic E-state index is 14.3. The minimum Gasteiger partial charge on any atom is -0.711 e. The van der Waals surface area contributed by atoms with E-state index in [2.05, 4.69) is 5.32 Å². The summed E-state index contributed by atoms with van der Waals surface area (Å²) in [6, 6.07) is 6.36. The lowest BCUT2D eigenvalue weighted by molar-refractivity contribution is -0.591. The van der Waals surface area contributed by atoms with Gasteiger partial charge < -0.3 is 9.94 Å². The number of nitrogens with one attached hydrogen (secondary N) is 1. The molecule has 1 atom stereocenters. The van der Waals surface area contributed by atoms with Gasteiger partial charge in [0.05, 0.1) is 18.4 Å². The Morgan fingerprint density at radius 1 is 1.29 bits per heavy atom. The van der Waals surface area contributed by atoms with Gasteiger partial charge in [-0.2, -0.15) is 0 Å². The molecule has 1 saturated carbocycles. The van der Waals surface area contributed by atoms with E-state index in [0.29, 0.717) is 4.73 Å². The van der Waals surface area contributed by atoms with Crippen molar-refractivity contribution in [2.75, 3.05) is 11.9 Å².